The van der Waals surface area contributed by atoms with Crippen LogP contribution in [0.1, 0.15) is 64.9 Å². The lowest BCUT2D eigenvalue weighted by atomic mass is 9.90. The largest absolute Gasteiger partial charge is 0.494 e. The van der Waals surface area contributed by atoms with Gasteiger partial charge in [0.15, 0.2) is 0 Å². The fourth-order valence-corrected chi connectivity index (χ4v) is 5.13. The molecule has 0 unspecified atom stereocenters. The Morgan fingerprint density at radius 2 is 1.40 bits per heavy atom. The van der Waals surface area contributed by atoms with Crippen molar-refractivity contribution in [1.29, 1.82) is 0 Å². The Morgan fingerprint density at radius 3 is 1.91 bits per heavy atom. The van der Waals surface area contributed by atoms with Gasteiger partial charge in [-0.3, -0.25) is 4.79 Å². The van der Waals surface area contributed by atoms with E-state index in [1.807, 2.05) is 24.3 Å². The molecule has 35 heavy (non-hydrogen) atoms. The Balaban J connectivity index is 2.60. The normalized spacial score (nSPS) is 11.6. The van der Waals surface area contributed by atoms with Crippen molar-refractivity contribution < 1.29 is 28.6 Å². The number of carbonyl (C=O) groups is 3. The number of hydrogen-bond acceptors (Lipinski definition) is 6. The highest BCUT2D eigenvalue weighted by Gasteiger charge is 2.49. The second kappa shape index (κ2) is 15.6. The van der Waals surface area contributed by atoms with Crippen molar-refractivity contribution in [3.8, 4) is 5.75 Å². The number of ether oxygens (including phenoxy) is 3. The summed E-state index contributed by atoms with van der Waals surface area (Å²) in [6, 6.07) is 8.98. The first-order chi connectivity index (χ1) is 16.5. The fraction of sp³-hybridized carbons (Fsp3) is 0.667. The first-order valence-electron chi connectivity index (χ1n) is 12.9. The van der Waals surface area contributed by atoms with E-state index < -0.39 is 31.5 Å². The predicted molar refractivity (Wildman–Crippen MR) is 141 cm³/mol. The molecule has 0 heterocycles. The quantitative estimate of drug-likeness (QED) is 0.133. The summed E-state index contributed by atoms with van der Waals surface area (Å²) in [5, 5.41) is 2.49. The Kier molecular flexibility index (Phi) is 13.7. The summed E-state index contributed by atoms with van der Waals surface area (Å²) in [5.74, 6) is -1.34. The average molecular weight is 508 g/mol. The molecule has 0 aliphatic heterocycles. The van der Waals surface area contributed by atoms with Crippen LogP contribution in [0.4, 0.5) is 0 Å². The minimum absolute atomic E-state index is 0.0299. The topological polar surface area (TPSA) is 90.9 Å². The molecular formula is C27H45NO6Si. The van der Waals surface area contributed by atoms with Gasteiger partial charge in [-0.1, -0.05) is 63.5 Å². The van der Waals surface area contributed by atoms with Crippen LogP contribution in [0, 0.1) is 0 Å². The van der Waals surface area contributed by atoms with Crippen LogP contribution in [0.5, 0.6) is 5.75 Å². The lowest BCUT2D eigenvalue weighted by Crippen LogP contribution is -2.61. The molecule has 1 aromatic rings. The number of esters is 2. The maximum atomic E-state index is 12.7. The van der Waals surface area contributed by atoms with Crippen molar-refractivity contribution in [1.82, 2.24) is 5.32 Å². The molecule has 0 bridgehead atoms. The molecule has 1 N–H and O–H groups in total. The molecule has 0 aromatic heterocycles. The van der Waals surface area contributed by atoms with Crippen molar-refractivity contribution in [3.05, 3.63) is 29.8 Å². The SMILES string of the molecule is CCOC(=O)C(CCc1ccc(OCCCCCCC[Si](C)(C)C)cc1)(NC(C)=O)C(=O)OCC. The molecule has 1 amide bonds. The summed E-state index contributed by atoms with van der Waals surface area (Å²) in [6.07, 6.45) is 6.51. The Bertz CT molecular complexity index is 770. The third-order valence-corrected chi connectivity index (χ3v) is 7.54. The first-order valence-corrected chi connectivity index (χ1v) is 16.6. The maximum absolute atomic E-state index is 12.7. The van der Waals surface area contributed by atoms with Gasteiger partial charge in [0.25, 0.3) is 0 Å². The second-order valence-electron chi connectivity index (χ2n) is 10.1. The summed E-state index contributed by atoms with van der Waals surface area (Å²) in [6.45, 7) is 12.7. The summed E-state index contributed by atoms with van der Waals surface area (Å²) in [4.78, 5) is 37.2. The summed E-state index contributed by atoms with van der Waals surface area (Å²) in [5.41, 5.74) is -0.967. The monoisotopic (exact) mass is 507 g/mol. The van der Waals surface area contributed by atoms with Crippen molar-refractivity contribution in [2.75, 3.05) is 19.8 Å². The minimum Gasteiger partial charge on any atom is -0.494 e. The summed E-state index contributed by atoms with van der Waals surface area (Å²) in [7, 11) is -0.914. The third-order valence-electron chi connectivity index (χ3n) is 5.69. The van der Waals surface area contributed by atoms with Gasteiger partial charge in [0.1, 0.15) is 5.75 Å². The molecule has 0 radical (unpaired) electrons. The lowest BCUT2D eigenvalue weighted by Gasteiger charge is -2.29. The van der Waals surface area contributed by atoms with Crippen LogP contribution in [-0.2, 0) is 30.3 Å². The van der Waals surface area contributed by atoms with Gasteiger partial charge in [-0.15, -0.1) is 0 Å². The zero-order valence-corrected chi connectivity index (χ0v) is 23.5. The number of hydrogen-bond donors (Lipinski definition) is 1. The highest BCUT2D eigenvalue weighted by Crippen LogP contribution is 2.22. The van der Waals surface area contributed by atoms with E-state index in [9.17, 15) is 14.4 Å². The van der Waals surface area contributed by atoms with Gasteiger partial charge in [0.05, 0.1) is 19.8 Å². The summed E-state index contributed by atoms with van der Waals surface area (Å²) >= 11 is 0. The van der Waals surface area contributed by atoms with E-state index in [1.165, 1.54) is 38.7 Å². The highest BCUT2D eigenvalue weighted by molar-refractivity contribution is 6.76. The molecular weight excluding hydrogens is 462 g/mol. The predicted octanol–water partition coefficient (Wildman–Crippen LogP) is 5.29. The number of amides is 1. The second-order valence-corrected chi connectivity index (χ2v) is 15.7. The van der Waals surface area contributed by atoms with Gasteiger partial charge in [0.2, 0.25) is 11.4 Å². The Morgan fingerprint density at radius 1 is 0.857 bits per heavy atom. The average Bonchev–Trinajstić information content (AvgIpc) is 2.78. The molecule has 0 spiro atoms. The van der Waals surface area contributed by atoms with Crippen molar-refractivity contribution in [2.45, 2.75) is 96.9 Å². The molecule has 1 aromatic carbocycles. The van der Waals surface area contributed by atoms with Crippen LogP contribution in [-0.4, -0.2) is 51.3 Å². The van der Waals surface area contributed by atoms with Crippen LogP contribution in [0.15, 0.2) is 24.3 Å². The van der Waals surface area contributed by atoms with Crippen LogP contribution >= 0.6 is 0 Å². The van der Waals surface area contributed by atoms with Gasteiger partial charge in [-0.05, 0) is 50.8 Å². The number of unbranched alkanes of at least 4 members (excludes halogenated alkanes) is 4. The van der Waals surface area contributed by atoms with Crippen LogP contribution in [0.2, 0.25) is 25.7 Å². The molecule has 7 nitrogen and oxygen atoms in total. The van der Waals surface area contributed by atoms with E-state index in [0.717, 1.165) is 17.7 Å². The van der Waals surface area contributed by atoms with E-state index >= 15 is 0 Å². The molecule has 0 aliphatic carbocycles. The molecule has 0 saturated heterocycles. The molecule has 0 aliphatic rings. The maximum Gasteiger partial charge on any atom is 0.343 e. The zero-order chi connectivity index (χ0) is 26.3. The van der Waals surface area contributed by atoms with E-state index in [0.29, 0.717) is 13.0 Å². The van der Waals surface area contributed by atoms with Crippen LogP contribution in [0.25, 0.3) is 0 Å². The van der Waals surface area contributed by atoms with Crippen molar-refractivity contribution in [3.63, 3.8) is 0 Å². The van der Waals surface area contributed by atoms with Gasteiger partial charge >= 0.3 is 11.9 Å². The Hall–Kier alpha value is -2.35. The number of aryl methyl sites for hydroxylation is 1. The molecule has 0 atom stereocenters. The molecule has 198 valence electrons. The lowest BCUT2D eigenvalue weighted by molar-refractivity contribution is -0.168. The smallest absolute Gasteiger partial charge is 0.343 e. The molecule has 1 rings (SSSR count). The third kappa shape index (κ3) is 11.8. The van der Waals surface area contributed by atoms with Crippen LogP contribution < -0.4 is 10.1 Å². The summed E-state index contributed by atoms with van der Waals surface area (Å²) < 4.78 is 16.1. The first kappa shape index (κ1) is 30.7. The Labute approximate surface area is 212 Å². The molecule has 0 fully saturated rings. The van der Waals surface area contributed by atoms with Gasteiger partial charge < -0.3 is 19.5 Å². The van der Waals surface area contributed by atoms with Crippen molar-refractivity contribution >= 4 is 25.9 Å². The number of benzene rings is 1. The number of rotatable bonds is 17. The van der Waals surface area contributed by atoms with Gasteiger partial charge in [0, 0.05) is 15.0 Å². The van der Waals surface area contributed by atoms with E-state index in [1.54, 1.807) is 13.8 Å². The van der Waals surface area contributed by atoms with Gasteiger partial charge in [-0.25, -0.2) is 9.59 Å². The molecule has 8 heteroatoms. The standard InChI is InChI=1S/C27H45NO6Si/c1-7-32-25(30)27(28-22(3)29,26(31)33-8-2)19-18-23-14-16-24(17-15-23)34-20-12-10-9-11-13-21-35(4,5)6/h14-17H,7-13,18-21H2,1-6H3,(H,28,29). The van der Waals surface area contributed by atoms with E-state index in [-0.39, 0.29) is 19.6 Å². The number of carbonyl (C=O) groups excluding carboxylic acids is 3. The van der Waals surface area contributed by atoms with E-state index in [2.05, 4.69) is 25.0 Å². The van der Waals surface area contributed by atoms with E-state index in [4.69, 9.17) is 14.2 Å². The minimum atomic E-state index is -1.87. The zero-order valence-electron chi connectivity index (χ0n) is 22.5. The molecule has 0 saturated carbocycles. The fourth-order valence-electron chi connectivity index (χ4n) is 3.82. The van der Waals surface area contributed by atoms with Crippen LogP contribution in [0.3, 0.4) is 0 Å². The van der Waals surface area contributed by atoms with Crippen molar-refractivity contribution in [2.24, 2.45) is 0 Å². The van der Waals surface area contributed by atoms with Gasteiger partial charge in [-0.2, -0.15) is 0 Å². The number of nitrogens with one attached hydrogen (secondary N) is 1. The highest BCUT2D eigenvalue weighted by atomic mass is 28.3.